The highest BCUT2D eigenvalue weighted by Gasteiger charge is 2.33. The number of rotatable bonds is 6. The van der Waals surface area contributed by atoms with Crippen molar-refractivity contribution < 1.29 is 24.5 Å². The lowest BCUT2D eigenvalue weighted by atomic mass is 10.3. The van der Waals surface area contributed by atoms with Crippen LogP contribution in [0.4, 0.5) is 0 Å². The number of diazo groups is 1. The molecular weight excluding hydrogens is 250 g/mol. The summed E-state index contributed by atoms with van der Waals surface area (Å²) in [5, 5.41) is 28.3. The lowest BCUT2D eigenvalue weighted by Crippen LogP contribution is -2.42. The number of hydrogen-bond donors (Lipinski definition) is 4. The summed E-state index contributed by atoms with van der Waals surface area (Å²) >= 11 is 3.72. The zero-order valence-electron chi connectivity index (χ0n) is 8.95. The number of carboxylic acids is 1. The number of carbonyl (C=O) groups excluding carboxylic acids is 1. The SMILES string of the molecule is CCO/C(O)=C(/[N+]#N)C(=O)N[C@@H](CS)C(=O)O. The lowest BCUT2D eigenvalue weighted by Gasteiger charge is -2.08. The summed E-state index contributed by atoms with van der Waals surface area (Å²) in [5.74, 6) is -3.44. The van der Waals surface area contributed by atoms with E-state index < -0.39 is 29.6 Å². The third-order valence-corrected chi connectivity index (χ3v) is 1.95. The molecular formula is C8H12N3O5S+. The molecule has 0 saturated carbocycles. The van der Waals surface area contributed by atoms with Gasteiger partial charge in [-0.2, -0.15) is 12.6 Å². The van der Waals surface area contributed by atoms with Gasteiger partial charge in [0.15, 0.2) is 4.98 Å². The Bertz CT molecular complexity index is 376. The molecule has 0 unspecified atom stereocenters. The zero-order valence-corrected chi connectivity index (χ0v) is 9.85. The van der Waals surface area contributed by atoms with Gasteiger partial charge in [-0.25, -0.2) is 4.79 Å². The minimum Gasteiger partial charge on any atom is -0.480 e. The average Bonchev–Trinajstić information content (AvgIpc) is 2.26. The smallest absolute Gasteiger partial charge is 0.480 e. The number of nitrogens with one attached hydrogen (secondary N) is 1. The minimum absolute atomic E-state index is 0.0487. The van der Waals surface area contributed by atoms with Crippen molar-refractivity contribution in [2.24, 2.45) is 0 Å². The number of amides is 1. The summed E-state index contributed by atoms with van der Waals surface area (Å²) in [6.45, 7) is 1.59. The second-order valence-corrected chi connectivity index (χ2v) is 3.10. The highest BCUT2D eigenvalue weighted by atomic mass is 32.1. The molecule has 0 bridgehead atoms. The van der Waals surface area contributed by atoms with Gasteiger partial charge in [-0.15, -0.1) is 0 Å². The van der Waals surface area contributed by atoms with E-state index in [4.69, 9.17) is 10.5 Å². The van der Waals surface area contributed by atoms with Crippen LogP contribution >= 0.6 is 12.6 Å². The monoisotopic (exact) mass is 262 g/mol. The summed E-state index contributed by atoms with van der Waals surface area (Å²) in [5.41, 5.74) is -0.806. The van der Waals surface area contributed by atoms with Crippen LogP contribution in [-0.4, -0.2) is 40.5 Å². The van der Waals surface area contributed by atoms with Crippen molar-refractivity contribution in [3.8, 4) is 0 Å². The van der Waals surface area contributed by atoms with Gasteiger partial charge in [0, 0.05) is 5.75 Å². The van der Waals surface area contributed by atoms with E-state index in [1.54, 1.807) is 0 Å². The first-order valence-corrected chi connectivity index (χ1v) is 5.16. The molecule has 3 N–H and O–H groups in total. The van der Waals surface area contributed by atoms with E-state index in [1.807, 2.05) is 5.32 Å². The minimum atomic E-state index is -1.30. The Balaban J connectivity index is 4.85. The summed E-state index contributed by atoms with van der Waals surface area (Å²) in [7, 11) is 0. The van der Waals surface area contributed by atoms with E-state index in [0.29, 0.717) is 0 Å². The Morgan fingerprint density at radius 2 is 2.12 bits per heavy atom. The van der Waals surface area contributed by atoms with Crippen molar-refractivity contribution in [2.45, 2.75) is 13.0 Å². The third kappa shape index (κ3) is 4.60. The van der Waals surface area contributed by atoms with E-state index in [0.717, 1.165) is 0 Å². The molecule has 0 aromatic rings. The number of aliphatic hydroxyl groups excluding tert-OH is 1. The molecule has 1 amide bonds. The number of aliphatic hydroxyl groups is 1. The standard InChI is InChI=1S/C8H11N3O5S/c1-2-16-8(15)5(11-9)6(12)10-4(3-17)7(13)14/h4H,2-3H2,1H3,(H3-,10,12,13,14,15,17)/p+1/t4-/m0/s1. The fourth-order valence-electron chi connectivity index (χ4n) is 0.802. The first-order chi connectivity index (χ1) is 7.97. The molecule has 0 heterocycles. The van der Waals surface area contributed by atoms with Gasteiger partial charge in [-0.05, 0) is 6.92 Å². The van der Waals surface area contributed by atoms with Crippen LogP contribution < -0.4 is 5.32 Å². The molecule has 8 nitrogen and oxygen atoms in total. The Morgan fingerprint density at radius 1 is 1.53 bits per heavy atom. The highest BCUT2D eigenvalue weighted by molar-refractivity contribution is 7.80. The molecule has 0 aliphatic heterocycles. The summed E-state index contributed by atoms with van der Waals surface area (Å²) in [4.78, 5) is 24.5. The van der Waals surface area contributed by atoms with Gasteiger partial charge in [0.05, 0.1) is 6.61 Å². The summed E-state index contributed by atoms with van der Waals surface area (Å²) in [6.07, 6.45) is 0. The largest absolute Gasteiger partial charge is 0.527 e. The molecule has 0 spiro atoms. The molecule has 9 heteroatoms. The number of carboxylic acid groups (broad SMARTS) is 1. The fraction of sp³-hybridized carbons (Fsp3) is 0.500. The Labute approximate surface area is 102 Å². The molecule has 1 atom stereocenters. The number of carbonyl (C=O) groups is 2. The van der Waals surface area contributed by atoms with Crippen molar-refractivity contribution >= 4 is 24.5 Å². The van der Waals surface area contributed by atoms with Crippen LogP contribution in [-0.2, 0) is 14.3 Å². The maximum Gasteiger partial charge on any atom is 0.527 e. The lowest BCUT2D eigenvalue weighted by molar-refractivity contribution is -0.140. The van der Waals surface area contributed by atoms with Crippen LogP contribution in [0.5, 0.6) is 0 Å². The predicted octanol–water partition coefficient (Wildman–Crippen LogP) is 0.102. The van der Waals surface area contributed by atoms with Crippen LogP contribution in [0.2, 0.25) is 0 Å². The molecule has 0 aromatic heterocycles. The maximum atomic E-state index is 11.4. The fourth-order valence-corrected chi connectivity index (χ4v) is 1.05. The molecule has 0 aliphatic carbocycles. The second-order valence-electron chi connectivity index (χ2n) is 2.73. The summed E-state index contributed by atoms with van der Waals surface area (Å²) in [6, 6.07) is -1.27. The Kier molecular flexibility index (Phi) is 6.50. The van der Waals surface area contributed by atoms with Crippen molar-refractivity contribution in [2.75, 3.05) is 12.4 Å². The first-order valence-electron chi connectivity index (χ1n) is 4.53. The van der Waals surface area contributed by atoms with Gasteiger partial charge in [0.25, 0.3) is 0 Å². The van der Waals surface area contributed by atoms with Crippen LogP contribution in [0.1, 0.15) is 6.92 Å². The molecule has 17 heavy (non-hydrogen) atoms. The van der Waals surface area contributed by atoms with E-state index in [-0.39, 0.29) is 12.4 Å². The molecule has 0 fully saturated rings. The molecule has 0 radical (unpaired) electrons. The predicted molar refractivity (Wildman–Crippen MR) is 59.8 cm³/mol. The van der Waals surface area contributed by atoms with Gasteiger partial charge in [-0.1, -0.05) is 0 Å². The molecule has 0 aliphatic rings. The van der Waals surface area contributed by atoms with E-state index in [1.165, 1.54) is 6.92 Å². The number of nitrogens with zero attached hydrogens (tertiary/aromatic N) is 2. The highest BCUT2D eigenvalue weighted by Crippen LogP contribution is 2.06. The van der Waals surface area contributed by atoms with Crippen LogP contribution in [0.25, 0.3) is 4.98 Å². The van der Waals surface area contributed by atoms with Crippen molar-refractivity contribution in [1.82, 2.24) is 5.32 Å². The number of hydrogen-bond acceptors (Lipinski definition) is 6. The van der Waals surface area contributed by atoms with Gasteiger partial charge < -0.3 is 20.3 Å². The van der Waals surface area contributed by atoms with Crippen molar-refractivity contribution in [3.05, 3.63) is 16.6 Å². The number of thiol groups is 1. The first kappa shape index (κ1) is 15.0. The summed E-state index contributed by atoms with van der Waals surface area (Å²) < 4.78 is 4.55. The number of ether oxygens (including phenoxy) is 1. The third-order valence-electron chi connectivity index (χ3n) is 1.58. The van der Waals surface area contributed by atoms with Crippen LogP contribution in [0.15, 0.2) is 11.6 Å². The van der Waals surface area contributed by atoms with E-state index in [9.17, 15) is 14.7 Å². The molecule has 0 rings (SSSR count). The topological polar surface area (TPSA) is 124 Å². The van der Waals surface area contributed by atoms with Crippen molar-refractivity contribution in [3.63, 3.8) is 0 Å². The maximum absolute atomic E-state index is 11.4. The molecule has 0 saturated heterocycles. The normalized spacial score (nSPS) is 13.0. The zero-order chi connectivity index (χ0) is 13.4. The molecule has 0 aromatic carbocycles. The average molecular weight is 262 g/mol. The van der Waals surface area contributed by atoms with Gasteiger partial charge >= 0.3 is 23.5 Å². The van der Waals surface area contributed by atoms with Gasteiger partial charge in [-0.3, -0.25) is 4.79 Å². The number of aliphatic carboxylic acids is 1. The Morgan fingerprint density at radius 3 is 2.47 bits per heavy atom. The quantitative estimate of drug-likeness (QED) is 0.233. The van der Waals surface area contributed by atoms with E-state index in [2.05, 4.69) is 22.3 Å². The van der Waals surface area contributed by atoms with Gasteiger partial charge in [0.2, 0.25) is 5.39 Å². The molecule has 94 valence electrons. The van der Waals surface area contributed by atoms with E-state index >= 15 is 0 Å². The van der Waals surface area contributed by atoms with Crippen LogP contribution in [0.3, 0.4) is 0 Å². The van der Waals surface area contributed by atoms with Gasteiger partial charge in [0.1, 0.15) is 6.04 Å². The van der Waals surface area contributed by atoms with Crippen LogP contribution in [0, 0.1) is 5.39 Å². The van der Waals surface area contributed by atoms with Crippen molar-refractivity contribution in [1.29, 1.82) is 5.39 Å². The Hall–Kier alpha value is -1.95. The second kappa shape index (κ2) is 7.34.